The topological polar surface area (TPSA) is 64.0 Å². The van der Waals surface area contributed by atoms with Crippen LogP contribution >= 0.6 is 11.3 Å². The van der Waals surface area contributed by atoms with Gasteiger partial charge >= 0.3 is 0 Å². The van der Waals surface area contributed by atoms with Crippen molar-refractivity contribution >= 4 is 33.1 Å². The number of aromatic nitrogens is 2. The van der Waals surface area contributed by atoms with Crippen molar-refractivity contribution in [1.82, 2.24) is 9.55 Å². The molecule has 0 saturated heterocycles. The van der Waals surface area contributed by atoms with E-state index >= 15 is 0 Å². The molecule has 0 saturated carbocycles. The molecular weight excluding hydrogens is 389 g/mol. The summed E-state index contributed by atoms with van der Waals surface area (Å²) in [7, 11) is 0. The Kier molecular flexibility index (Phi) is 4.98. The molecule has 2 aromatic heterocycles. The van der Waals surface area contributed by atoms with Crippen LogP contribution in [-0.2, 0) is 6.54 Å². The molecule has 0 aliphatic carbocycles. The van der Waals surface area contributed by atoms with E-state index in [1.807, 2.05) is 31.2 Å². The normalized spacial score (nSPS) is 11.0. The third-order valence-corrected chi connectivity index (χ3v) is 5.87. The van der Waals surface area contributed by atoms with Crippen LogP contribution in [0, 0.1) is 19.7 Å². The van der Waals surface area contributed by atoms with E-state index in [0.29, 0.717) is 31.9 Å². The molecule has 1 amide bonds. The average molecular weight is 407 g/mol. The number of nitrogens with zero attached hydrogens (tertiary/aromatic N) is 2. The molecule has 0 aliphatic heterocycles. The Balaban J connectivity index is 1.68. The Morgan fingerprint density at radius 3 is 2.66 bits per heavy atom. The number of aryl methyl sites for hydroxylation is 2. The van der Waals surface area contributed by atoms with E-state index in [9.17, 15) is 14.0 Å². The smallest absolute Gasteiger partial charge is 0.266 e. The Hall–Kier alpha value is -3.32. The lowest BCUT2D eigenvalue weighted by atomic mass is 10.2. The molecule has 0 spiro atoms. The zero-order valence-electron chi connectivity index (χ0n) is 15.9. The lowest BCUT2D eigenvalue weighted by Crippen LogP contribution is -2.21. The van der Waals surface area contributed by atoms with Gasteiger partial charge in [-0.1, -0.05) is 29.8 Å². The third kappa shape index (κ3) is 3.82. The van der Waals surface area contributed by atoms with Crippen LogP contribution in [0.15, 0.2) is 59.7 Å². The molecular formula is C22H18FN3O2S. The maximum absolute atomic E-state index is 13.4. The van der Waals surface area contributed by atoms with E-state index in [0.717, 1.165) is 5.56 Å². The molecule has 0 unspecified atom stereocenters. The first kappa shape index (κ1) is 19.0. The van der Waals surface area contributed by atoms with Gasteiger partial charge in [-0.2, -0.15) is 0 Å². The standard InChI is InChI=1S/C22H18FN3O2S/c1-13-6-8-17(9-7-13)25-20(27)19-14(2)18-21(29-19)24-12-26(22(18)28)11-15-4-3-5-16(23)10-15/h3-10,12H,11H2,1-2H3,(H,25,27). The van der Waals surface area contributed by atoms with Crippen molar-refractivity contribution in [3.05, 3.63) is 92.6 Å². The molecule has 5 nitrogen and oxygen atoms in total. The predicted molar refractivity (Wildman–Crippen MR) is 113 cm³/mol. The SMILES string of the molecule is Cc1ccc(NC(=O)c2sc3ncn(Cc4cccc(F)c4)c(=O)c3c2C)cc1. The fourth-order valence-electron chi connectivity index (χ4n) is 3.15. The molecule has 7 heteroatoms. The van der Waals surface area contributed by atoms with Gasteiger partial charge in [-0.15, -0.1) is 11.3 Å². The maximum atomic E-state index is 13.4. The van der Waals surface area contributed by atoms with Crippen LogP contribution in [0.1, 0.15) is 26.4 Å². The predicted octanol–water partition coefficient (Wildman–Crippen LogP) is 4.51. The summed E-state index contributed by atoms with van der Waals surface area (Å²) in [5.74, 6) is -0.628. The number of carbonyl (C=O) groups is 1. The van der Waals surface area contributed by atoms with Crippen molar-refractivity contribution in [2.24, 2.45) is 0 Å². The van der Waals surface area contributed by atoms with Crippen LogP contribution in [0.5, 0.6) is 0 Å². The highest BCUT2D eigenvalue weighted by Gasteiger charge is 2.19. The van der Waals surface area contributed by atoms with E-state index in [2.05, 4.69) is 10.3 Å². The largest absolute Gasteiger partial charge is 0.321 e. The van der Waals surface area contributed by atoms with Crippen LogP contribution in [0.25, 0.3) is 10.2 Å². The van der Waals surface area contributed by atoms with E-state index < -0.39 is 0 Å². The molecule has 0 fully saturated rings. The van der Waals surface area contributed by atoms with Gasteiger partial charge < -0.3 is 5.32 Å². The Morgan fingerprint density at radius 2 is 1.93 bits per heavy atom. The summed E-state index contributed by atoms with van der Waals surface area (Å²) in [5, 5.41) is 3.28. The summed E-state index contributed by atoms with van der Waals surface area (Å²) in [6.07, 6.45) is 1.44. The second-order valence-corrected chi connectivity index (χ2v) is 7.86. The van der Waals surface area contributed by atoms with Gasteiger partial charge in [-0.05, 0) is 49.2 Å². The average Bonchev–Trinajstić information content (AvgIpc) is 3.03. The number of hydrogen-bond donors (Lipinski definition) is 1. The molecule has 0 bridgehead atoms. The molecule has 4 aromatic rings. The van der Waals surface area contributed by atoms with Gasteiger partial charge in [-0.3, -0.25) is 14.2 Å². The first-order chi connectivity index (χ1) is 13.9. The Labute approximate surface area is 170 Å². The summed E-state index contributed by atoms with van der Waals surface area (Å²) < 4.78 is 14.9. The molecule has 0 atom stereocenters. The zero-order chi connectivity index (χ0) is 20.5. The fraction of sp³-hybridized carbons (Fsp3) is 0.136. The summed E-state index contributed by atoms with van der Waals surface area (Å²) in [6.45, 7) is 3.93. The number of nitrogens with one attached hydrogen (secondary N) is 1. The number of benzene rings is 2. The fourth-order valence-corrected chi connectivity index (χ4v) is 4.18. The highest BCUT2D eigenvalue weighted by molar-refractivity contribution is 7.20. The van der Waals surface area contributed by atoms with Gasteiger partial charge in [0.15, 0.2) is 0 Å². The Morgan fingerprint density at radius 1 is 1.17 bits per heavy atom. The molecule has 4 rings (SSSR count). The van der Waals surface area contributed by atoms with Crippen molar-refractivity contribution < 1.29 is 9.18 Å². The number of fused-ring (bicyclic) bond motifs is 1. The van der Waals surface area contributed by atoms with Crippen LogP contribution < -0.4 is 10.9 Å². The number of carbonyl (C=O) groups excluding carboxylic acids is 1. The molecule has 0 radical (unpaired) electrons. The number of halogens is 1. The van der Waals surface area contributed by atoms with Gasteiger partial charge in [-0.25, -0.2) is 9.37 Å². The van der Waals surface area contributed by atoms with E-state index in [-0.39, 0.29) is 23.8 Å². The van der Waals surface area contributed by atoms with Gasteiger partial charge in [0, 0.05) is 5.69 Å². The highest BCUT2D eigenvalue weighted by Crippen LogP contribution is 2.27. The molecule has 1 N–H and O–H groups in total. The van der Waals surface area contributed by atoms with Crippen LogP contribution in [0.3, 0.4) is 0 Å². The van der Waals surface area contributed by atoms with Gasteiger partial charge in [0.05, 0.1) is 23.1 Å². The van der Waals surface area contributed by atoms with Crippen molar-refractivity contribution in [1.29, 1.82) is 0 Å². The lowest BCUT2D eigenvalue weighted by molar-refractivity contribution is 0.103. The van der Waals surface area contributed by atoms with Crippen LogP contribution in [0.2, 0.25) is 0 Å². The third-order valence-electron chi connectivity index (χ3n) is 4.67. The molecule has 0 aliphatic rings. The molecule has 146 valence electrons. The van der Waals surface area contributed by atoms with Crippen molar-refractivity contribution in [2.75, 3.05) is 5.32 Å². The van der Waals surface area contributed by atoms with E-state index in [1.165, 1.54) is 34.4 Å². The van der Waals surface area contributed by atoms with Crippen molar-refractivity contribution in [3.8, 4) is 0 Å². The Bertz CT molecular complexity index is 1280. The first-order valence-corrected chi connectivity index (χ1v) is 9.85. The number of rotatable bonds is 4. The molecule has 29 heavy (non-hydrogen) atoms. The minimum Gasteiger partial charge on any atom is -0.321 e. The summed E-state index contributed by atoms with van der Waals surface area (Å²) >= 11 is 1.19. The molecule has 2 heterocycles. The minimum absolute atomic E-state index is 0.208. The summed E-state index contributed by atoms with van der Waals surface area (Å²) in [6, 6.07) is 13.6. The summed E-state index contributed by atoms with van der Waals surface area (Å²) in [5.41, 5.74) is 2.81. The number of thiophene rings is 1. The molecule has 2 aromatic carbocycles. The maximum Gasteiger partial charge on any atom is 0.266 e. The van der Waals surface area contributed by atoms with E-state index in [1.54, 1.807) is 19.1 Å². The minimum atomic E-state index is -0.355. The second-order valence-electron chi connectivity index (χ2n) is 6.86. The van der Waals surface area contributed by atoms with Crippen molar-refractivity contribution in [3.63, 3.8) is 0 Å². The number of hydrogen-bond acceptors (Lipinski definition) is 4. The monoisotopic (exact) mass is 407 g/mol. The zero-order valence-corrected chi connectivity index (χ0v) is 16.7. The van der Waals surface area contributed by atoms with Crippen LogP contribution in [0.4, 0.5) is 10.1 Å². The van der Waals surface area contributed by atoms with Gasteiger partial charge in [0.1, 0.15) is 10.6 Å². The number of amides is 1. The second kappa shape index (κ2) is 7.60. The first-order valence-electron chi connectivity index (χ1n) is 9.03. The van der Waals surface area contributed by atoms with Gasteiger partial charge in [0.25, 0.3) is 11.5 Å². The quantitative estimate of drug-likeness (QED) is 0.541. The number of anilines is 1. The van der Waals surface area contributed by atoms with Gasteiger partial charge in [0.2, 0.25) is 0 Å². The van der Waals surface area contributed by atoms with Crippen molar-refractivity contribution in [2.45, 2.75) is 20.4 Å². The van der Waals surface area contributed by atoms with Crippen LogP contribution in [-0.4, -0.2) is 15.5 Å². The van der Waals surface area contributed by atoms with E-state index in [4.69, 9.17) is 0 Å². The highest BCUT2D eigenvalue weighted by atomic mass is 32.1. The lowest BCUT2D eigenvalue weighted by Gasteiger charge is -2.06. The summed E-state index contributed by atoms with van der Waals surface area (Å²) in [4.78, 5) is 31.0.